The molecular weight excluding hydrogens is 356 g/mol. The molecule has 132 valence electrons. The van der Waals surface area contributed by atoms with E-state index >= 15 is 0 Å². The van der Waals surface area contributed by atoms with Gasteiger partial charge in [-0.15, -0.1) is 0 Å². The lowest BCUT2D eigenvalue weighted by molar-refractivity contribution is -0.120. The van der Waals surface area contributed by atoms with Crippen molar-refractivity contribution < 1.29 is 4.79 Å². The predicted octanol–water partition coefficient (Wildman–Crippen LogP) is 5.34. The average molecular weight is 373 g/mol. The highest BCUT2D eigenvalue weighted by Crippen LogP contribution is 2.27. The molecule has 0 bridgehead atoms. The van der Waals surface area contributed by atoms with Crippen molar-refractivity contribution in [1.82, 2.24) is 5.43 Å². The van der Waals surface area contributed by atoms with Gasteiger partial charge in [0, 0.05) is 10.6 Å². The lowest BCUT2D eigenvalue weighted by Crippen LogP contribution is -2.19. The second kappa shape index (κ2) is 7.60. The summed E-state index contributed by atoms with van der Waals surface area (Å²) in [4.78, 5) is 12.2. The Bertz CT molecular complexity index is 1100. The number of carbonyl (C=O) groups is 1. The summed E-state index contributed by atoms with van der Waals surface area (Å²) < 4.78 is 0. The van der Waals surface area contributed by atoms with Crippen LogP contribution in [0.5, 0.6) is 0 Å². The Morgan fingerprint density at radius 2 is 1.48 bits per heavy atom. The fourth-order valence-corrected chi connectivity index (χ4v) is 3.31. The van der Waals surface area contributed by atoms with E-state index in [2.05, 4.69) is 40.9 Å². The lowest BCUT2D eigenvalue weighted by atomic mass is 9.97. The molecule has 0 fully saturated rings. The van der Waals surface area contributed by atoms with Gasteiger partial charge in [0.1, 0.15) is 0 Å². The largest absolute Gasteiger partial charge is 0.273 e. The van der Waals surface area contributed by atoms with Crippen LogP contribution in [0, 0.1) is 0 Å². The summed E-state index contributed by atoms with van der Waals surface area (Å²) in [6, 6.07) is 25.7. The number of hydrazone groups is 1. The fraction of sp³-hybridized carbons (Fsp3) is 0.0435. The summed E-state index contributed by atoms with van der Waals surface area (Å²) in [5.41, 5.74) is 4.51. The van der Waals surface area contributed by atoms with E-state index in [1.807, 2.05) is 36.4 Å². The Hall–Kier alpha value is -3.17. The van der Waals surface area contributed by atoms with Gasteiger partial charge in [-0.3, -0.25) is 4.79 Å². The topological polar surface area (TPSA) is 41.5 Å². The SMILES string of the molecule is O=C(Cc1ccc(Cl)cc1)N/N=C\c1c2ccccc2cc2ccccc12. The zero-order valence-corrected chi connectivity index (χ0v) is 15.3. The molecule has 0 spiro atoms. The molecule has 4 aromatic carbocycles. The van der Waals surface area contributed by atoms with Gasteiger partial charge in [0.05, 0.1) is 12.6 Å². The van der Waals surface area contributed by atoms with Crippen molar-refractivity contribution in [3.8, 4) is 0 Å². The molecule has 0 atom stereocenters. The van der Waals surface area contributed by atoms with Gasteiger partial charge in [-0.25, -0.2) is 5.43 Å². The Kier molecular flexibility index (Phi) is 4.86. The first-order chi connectivity index (χ1) is 13.2. The van der Waals surface area contributed by atoms with Crippen molar-refractivity contribution in [3.05, 3.63) is 95.0 Å². The first-order valence-corrected chi connectivity index (χ1v) is 9.05. The van der Waals surface area contributed by atoms with E-state index in [0.29, 0.717) is 5.02 Å². The van der Waals surface area contributed by atoms with Crippen molar-refractivity contribution in [1.29, 1.82) is 0 Å². The Morgan fingerprint density at radius 1 is 0.889 bits per heavy atom. The Labute approximate surface area is 162 Å². The van der Waals surface area contributed by atoms with E-state index in [1.165, 1.54) is 0 Å². The third kappa shape index (κ3) is 3.83. The van der Waals surface area contributed by atoms with Crippen molar-refractivity contribution in [2.24, 2.45) is 5.10 Å². The number of hydrogen-bond acceptors (Lipinski definition) is 2. The molecule has 4 heteroatoms. The fourth-order valence-electron chi connectivity index (χ4n) is 3.18. The van der Waals surface area contributed by atoms with Crippen LogP contribution in [0.25, 0.3) is 21.5 Å². The molecule has 0 aliphatic rings. The molecular formula is C23H17ClN2O. The van der Waals surface area contributed by atoms with Crippen LogP contribution in [0.4, 0.5) is 0 Å². The minimum Gasteiger partial charge on any atom is -0.273 e. The van der Waals surface area contributed by atoms with E-state index in [1.54, 1.807) is 18.3 Å². The van der Waals surface area contributed by atoms with Gasteiger partial charge in [0.15, 0.2) is 0 Å². The number of carbonyl (C=O) groups excluding carboxylic acids is 1. The first kappa shape index (κ1) is 17.3. The minimum absolute atomic E-state index is 0.168. The van der Waals surface area contributed by atoms with Crippen LogP contribution in [-0.2, 0) is 11.2 Å². The van der Waals surface area contributed by atoms with Crippen LogP contribution in [-0.4, -0.2) is 12.1 Å². The molecule has 4 rings (SSSR count). The molecule has 1 amide bonds. The van der Waals surface area contributed by atoms with Crippen molar-refractivity contribution >= 4 is 45.3 Å². The smallest absolute Gasteiger partial charge is 0.244 e. The van der Waals surface area contributed by atoms with Crippen molar-refractivity contribution in [3.63, 3.8) is 0 Å². The quantitative estimate of drug-likeness (QED) is 0.293. The number of amides is 1. The van der Waals surface area contributed by atoms with Gasteiger partial charge in [-0.1, -0.05) is 72.3 Å². The van der Waals surface area contributed by atoms with Crippen LogP contribution >= 0.6 is 11.6 Å². The number of hydrogen-bond donors (Lipinski definition) is 1. The van der Waals surface area contributed by atoms with Crippen LogP contribution < -0.4 is 5.43 Å². The number of rotatable bonds is 4. The average Bonchev–Trinajstić information content (AvgIpc) is 2.69. The van der Waals surface area contributed by atoms with Crippen LogP contribution in [0.2, 0.25) is 5.02 Å². The minimum atomic E-state index is -0.168. The number of fused-ring (bicyclic) bond motifs is 2. The van der Waals surface area contributed by atoms with Gasteiger partial charge in [-0.2, -0.15) is 5.10 Å². The molecule has 0 saturated carbocycles. The number of nitrogens with zero attached hydrogens (tertiary/aromatic N) is 1. The third-order valence-corrected chi connectivity index (χ3v) is 4.73. The first-order valence-electron chi connectivity index (χ1n) is 8.67. The standard InChI is InChI=1S/C23H17ClN2O/c24-19-11-9-16(10-12-19)13-23(27)26-25-15-22-20-7-3-1-5-17(20)14-18-6-2-4-8-21(18)22/h1-12,14-15H,13H2,(H,26,27)/b25-15-. The molecule has 0 aliphatic heterocycles. The van der Waals surface area contributed by atoms with Gasteiger partial charge < -0.3 is 0 Å². The summed E-state index contributed by atoms with van der Waals surface area (Å²) in [7, 11) is 0. The number of benzene rings is 4. The molecule has 0 heterocycles. The highest BCUT2D eigenvalue weighted by Gasteiger charge is 2.06. The Morgan fingerprint density at radius 3 is 2.11 bits per heavy atom. The number of nitrogens with one attached hydrogen (secondary N) is 1. The molecule has 0 radical (unpaired) electrons. The van der Waals surface area contributed by atoms with Gasteiger partial charge >= 0.3 is 0 Å². The molecule has 0 aliphatic carbocycles. The van der Waals surface area contributed by atoms with Crippen LogP contribution in [0.1, 0.15) is 11.1 Å². The predicted molar refractivity (Wildman–Crippen MR) is 112 cm³/mol. The summed E-state index contributed by atoms with van der Waals surface area (Å²) in [5.74, 6) is -0.168. The summed E-state index contributed by atoms with van der Waals surface area (Å²) in [6.45, 7) is 0. The second-order valence-electron chi connectivity index (χ2n) is 6.33. The van der Waals surface area contributed by atoms with Crippen molar-refractivity contribution in [2.75, 3.05) is 0 Å². The molecule has 3 nitrogen and oxygen atoms in total. The van der Waals surface area contributed by atoms with E-state index in [4.69, 9.17) is 11.6 Å². The lowest BCUT2D eigenvalue weighted by Gasteiger charge is -2.08. The van der Waals surface area contributed by atoms with E-state index < -0.39 is 0 Å². The Balaban J connectivity index is 1.60. The van der Waals surface area contributed by atoms with E-state index in [-0.39, 0.29) is 12.3 Å². The molecule has 0 unspecified atom stereocenters. The monoisotopic (exact) mass is 372 g/mol. The normalized spacial score (nSPS) is 11.3. The summed E-state index contributed by atoms with van der Waals surface area (Å²) >= 11 is 5.87. The molecule has 1 N–H and O–H groups in total. The van der Waals surface area contributed by atoms with Gasteiger partial charge in [-0.05, 0) is 45.3 Å². The maximum absolute atomic E-state index is 12.2. The maximum atomic E-state index is 12.2. The maximum Gasteiger partial charge on any atom is 0.244 e. The zero-order valence-electron chi connectivity index (χ0n) is 14.5. The summed E-state index contributed by atoms with van der Waals surface area (Å²) in [5, 5.41) is 9.35. The second-order valence-corrected chi connectivity index (χ2v) is 6.77. The third-order valence-electron chi connectivity index (χ3n) is 4.47. The highest BCUT2D eigenvalue weighted by molar-refractivity contribution is 6.30. The van der Waals surface area contributed by atoms with Gasteiger partial charge in [0.2, 0.25) is 5.91 Å². The molecule has 0 aromatic heterocycles. The highest BCUT2D eigenvalue weighted by atomic mass is 35.5. The van der Waals surface area contributed by atoms with Crippen LogP contribution in [0.3, 0.4) is 0 Å². The number of halogens is 1. The molecule has 4 aromatic rings. The molecule has 27 heavy (non-hydrogen) atoms. The van der Waals surface area contributed by atoms with E-state index in [0.717, 1.165) is 32.7 Å². The molecule has 0 saturated heterocycles. The van der Waals surface area contributed by atoms with Gasteiger partial charge in [0.25, 0.3) is 0 Å². The van der Waals surface area contributed by atoms with Crippen molar-refractivity contribution in [2.45, 2.75) is 6.42 Å². The zero-order chi connectivity index (χ0) is 18.6. The van der Waals surface area contributed by atoms with Crippen LogP contribution in [0.15, 0.2) is 84.0 Å². The van der Waals surface area contributed by atoms with E-state index in [9.17, 15) is 4.79 Å². The summed E-state index contributed by atoms with van der Waals surface area (Å²) in [6.07, 6.45) is 1.98.